The van der Waals surface area contributed by atoms with Crippen LogP contribution in [-0.2, 0) is 0 Å². The van der Waals surface area contributed by atoms with Crippen LogP contribution >= 0.6 is 0 Å². The maximum atomic E-state index is 3.40. The highest BCUT2D eigenvalue weighted by Crippen LogP contribution is 2.39. The van der Waals surface area contributed by atoms with Gasteiger partial charge in [-0.3, -0.25) is 0 Å². The Balaban J connectivity index is 2.61. The summed E-state index contributed by atoms with van der Waals surface area (Å²) in [6.45, 7) is 9.42. The molecule has 0 amide bonds. The molecule has 1 fully saturated rings. The molecule has 1 N–H and O–H groups in total. The summed E-state index contributed by atoms with van der Waals surface area (Å²) in [6, 6.07) is 0. The minimum atomic E-state index is 0.337. The average molecular weight is 226 g/mol. The lowest BCUT2D eigenvalue weighted by molar-refractivity contribution is 0.0840. The molecule has 0 heterocycles. The number of hydrogen-bond acceptors (Lipinski definition) is 2. The summed E-state index contributed by atoms with van der Waals surface area (Å²) in [5, 5.41) is 3.40. The second kappa shape index (κ2) is 5.50. The molecule has 0 aromatic heterocycles. The quantitative estimate of drug-likeness (QED) is 0.749. The Morgan fingerprint density at radius 3 is 2.25 bits per heavy atom. The van der Waals surface area contributed by atoms with Crippen molar-refractivity contribution in [3.63, 3.8) is 0 Å². The van der Waals surface area contributed by atoms with Crippen LogP contribution in [0.25, 0.3) is 0 Å². The van der Waals surface area contributed by atoms with E-state index in [-0.39, 0.29) is 0 Å². The lowest BCUT2D eigenvalue weighted by atomic mass is 9.84. The maximum absolute atomic E-state index is 3.40. The van der Waals surface area contributed by atoms with E-state index in [0.29, 0.717) is 11.0 Å². The standard InChI is InChI=1S/C14H30N2/c1-6-13(2,3)16(5)12-14(11-15-4)9-7-8-10-14/h15H,6-12H2,1-5H3. The fraction of sp³-hybridized carbons (Fsp3) is 1.00. The molecule has 0 saturated heterocycles. The van der Waals surface area contributed by atoms with Crippen molar-refractivity contribution in [2.24, 2.45) is 5.41 Å². The predicted molar refractivity (Wildman–Crippen MR) is 71.8 cm³/mol. The molecule has 0 aliphatic heterocycles. The Morgan fingerprint density at radius 1 is 1.25 bits per heavy atom. The SMILES string of the molecule is CCC(C)(C)N(C)CC1(CNC)CCCC1. The summed E-state index contributed by atoms with van der Waals surface area (Å²) < 4.78 is 0. The van der Waals surface area contributed by atoms with Gasteiger partial charge in [0.25, 0.3) is 0 Å². The topological polar surface area (TPSA) is 15.3 Å². The Bertz CT molecular complexity index is 205. The van der Waals surface area contributed by atoms with Gasteiger partial charge in [-0.1, -0.05) is 19.8 Å². The highest BCUT2D eigenvalue weighted by atomic mass is 15.2. The van der Waals surface area contributed by atoms with Crippen LogP contribution in [0, 0.1) is 5.41 Å². The number of rotatable bonds is 6. The third-order valence-corrected chi connectivity index (χ3v) is 4.69. The summed E-state index contributed by atoms with van der Waals surface area (Å²) in [4.78, 5) is 2.57. The molecular weight excluding hydrogens is 196 g/mol. The molecule has 1 rings (SSSR count). The number of nitrogens with one attached hydrogen (secondary N) is 1. The summed E-state index contributed by atoms with van der Waals surface area (Å²) >= 11 is 0. The Hall–Kier alpha value is -0.0800. The molecule has 2 nitrogen and oxygen atoms in total. The Labute approximate surface area is 102 Å². The van der Waals surface area contributed by atoms with Crippen LogP contribution in [0.15, 0.2) is 0 Å². The molecule has 0 atom stereocenters. The molecular formula is C14H30N2. The highest BCUT2D eigenvalue weighted by molar-refractivity contribution is 4.91. The first-order valence-corrected chi connectivity index (χ1v) is 6.82. The second-order valence-electron chi connectivity index (χ2n) is 6.26. The third kappa shape index (κ3) is 3.21. The van der Waals surface area contributed by atoms with Crippen LogP contribution in [0.3, 0.4) is 0 Å². The minimum absolute atomic E-state index is 0.337. The molecule has 1 saturated carbocycles. The Kier molecular flexibility index (Phi) is 4.81. The number of nitrogens with zero attached hydrogens (tertiary/aromatic N) is 1. The van der Waals surface area contributed by atoms with Gasteiger partial charge >= 0.3 is 0 Å². The molecule has 1 aliphatic rings. The van der Waals surface area contributed by atoms with Gasteiger partial charge in [0.15, 0.2) is 0 Å². The van der Waals surface area contributed by atoms with Crippen molar-refractivity contribution in [3.8, 4) is 0 Å². The molecule has 16 heavy (non-hydrogen) atoms. The molecule has 0 spiro atoms. The lowest BCUT2D eigenvalue weighted by Gasteiger charge is -2.41. The summed E-state index contributed by atoms with van der Waals surface area (Å²) in [5.41, 5.74) is 0.874. The first kappa shape index (κ1) is 14.0. The number of hydrogen-bond donors (Lipinski definition) is 1. The predicted octanol–water partition coefficient (Wildman–Crippen LogP) is 2.89. The lowest BCUT2D eigenvalue weighted by Crippen LogP contribution is -2.48. The third-order valence-electron chi connectivity index (χ3n) is 4.69. The van der Waals surface area contributed by atoms with Gasteiger partial charge in [-0.25, -0.2) is 0 Å². The largest absolute Gasteiger partial charge is 0.319 e. The van der Waals surface area contributed by atoms with E-state index >= 15 is 0 Å². The van der Waals surface area contributed by atoms with E-state index in [2.05, 4.69) is 45.1 Å². The summed E-state index contributed by atoms with van der Waals surface area (Å²) in [7, 11) is 4.38. The normalized spacial score (nSPS) is 20.6. The fourth-order valence-electron chi connectivity index (χ4n) is 2.88. The van der Waals surface area contributed by atoms with E-state index in [4.69, 9.17) is 0 Å². The van der Waals surface area contributed by atoms with Gasteiger partial charge in [-0.05, 0) is 52.6 Å². The van der Waals surface area contributed by atoms with E-state index in [0.717, 1.165) is 0 Å². The molecule has 1 aliphatic carbocycles. The van der Waals surface area contributed by atoms with Crippen molar-refractivity contribution in [2.75, 3.05) is 27.2 Å². The zero-order chi connectivity index (χ0) is 12.2. The van der Waals surface area contributed by atoms with Crippen LogP contribution < -0.4 is 5.32 Å². The van der Waals surface area contributed by atoms with E-state index in [1.54, 1.807) is 0 Å². The molecule has 96 valence electrons. The zero-order valence-electron chi connectivity index (χ0n) is 11.9. The van der Waals surface area contributed by atoms with Gasteiger partial charge in [0.05, 0.1) is 0 Å². The van der Waals surface area contributed by atoms with Gasteiger partial charge in [0.1, 0.15) is 0 Å². The van der Waals surface area contributed by atoms with Gasteiger partial charge in [-0.15, -0.1) is 0 Å². The van der Waals surface area contributed by atoms with Crippen molar-refractivity contribution in [2.45, 2.75) is 58.4 Å². The monoisotopic (exact) mass is 226 g/mol. The maximum Gasteiger partial charge on any atom is 0.0147 e. The van der Waals surface area contributed by atoms with Gasteiger partial charge in [0, 0.05) is 18.6 Å². The molecule has 0 radical (unpaired) electrons. The molecule has 0 aromatic rings. The average Bonchev–Trinajstić information content (AvgIpc) is 2.67. The smallest absolute Gasteiger partial charge is 0.0147 e. The van der Waals surface area contributed by atoms with E-state index in [9.17, 15) is 0 Å². The molecule has 0 aromatic carbocycles. The van der Waals surface area contributed by atoms with Crippen LogP contribution in [-0.4, -0.2) is 37.6 Å². The summed E-state index contributed by atoms with van der Waals surface area (Å²) in [5.74, 6) is 0. The van der Waals surface area contributed by atoms with Gasteiger partial charge in [-0.2, -0.15) is 0 Å². The van der Waals surface area contributed by atoms with Crippen molar-refractivity contribution < 1.29 is 0 Å². The Morgan fingerprint density at radius 2 is 1.81 bits per heavy atom. The minimum Gasteiger partial charge on any atom is -0.319 e. The van der Waals surface area contributed by atoms with Crippen molar-refractivity contribution >= 4 is 0 Å². The van der Waals surface area contributed by atoms with Crippen molar-refractivity contribution in [1.82, 2.24) is 10.2 Å². The zero-order valence-corrected chi connectivity index (χ0v) is 11.9. The van der Waals surface area contributed by atoms with Crippen LogP contribution in [0.2, 0.25) is 0 Å². The van der Waals surface area contributed by atoms with Crippen LogP contribution in [0.4, 0.5) is 0 Å². The van der Waals surface area contributed by atoms with Gasteiger partial charge in [0.2, 0.25) is 0 Å². The van der Waals surface area contributed by atoms with E-state index in [1.807, 2.05) is 0 Å². The summed E-state index contributed by atoms with van der Waals surface area (Å²) in [6.07, 6.45) is 6.86. The molecule has 0 unspecified atom stereocenters. The second-order valence-corrected chi connectivity index (χ2v) is 6.26. The van der Waals surface area contributed by atoms with Crippen LogP contribution in [0.1, 0.15) is 52.9 Å². The van der Waals surface area contributed by atoms with Gasteiger partial charge < -0.3 is 10.2 Å². The van der Waals surface area contributed by atoms with E-state index in [1.165, 1.54) is 45.2 Å². The first-order valence-electron chi connectivity index (χ1n) is 6.82. The fourth-order valence-corrected chi connectivity index (χ4v) is 2.88. The first-order chi connectivity index (χ1) is 7.46. The van der Waals surface area contributed by atoms with Crippen molar-refractivity contribution in [1.29, 1.82) is 0 Å². The van der Waals surface area contributed by atoms with Crippen LogP contribution in [0.5, 0.6) is 0 Å². The molecule has 2 heteroatoms. The van der Waals surface area contributed by atoms with Crippen molar-refractivity contribution in [3.05, 3.63) is 0 Å². The highest BCUT2D eigenvalue weighted by Gasteiger charge is 2.36. The molecule has 0 bridgehead atoms. The van der Waals surface area contributed by atoms with E-state index < -0.39 is 0 Å².